The fourth-order valence-electron chi connectivity index (χ4n) is 1.76. The third-order valence-corrected chi connectivity index (χ3v) is 5.84. The Bertz CT molecular complexity index is 892. The second-order valence-electron chi connectivity index (χ2n) is 4.08. The van der Waals surface area contributed by atoms with E-state index in [1.807, 2.05) is 17.5 Å². The van der Waals surface area contributed by atoms with E-state index in [0.717, 1.165) is 16.2 Å². The topological polar surface area (TPSA) is 79.0 Å². The molecular weight excluding hydrogens is 316 g/mol. The quantitative estimate of drug-likeness (QED) is 0.771. The zero-order valence-electron chi connectivity index (χ0n) is 10.1. The van der Waals surface area contributed by atoms with Gasteiger partial charge < -0.3 is 4.98 Å². The summed E-state index contributed by atoms with van der Waals surface area (Å²) in [7, 11) is -3.57. The van der Waals surface area contributed by atoms with Crippen molar-refractivity contribution in [1.82, 2.24) is 9.71 Å². The van der Waals surface area contributed by atoms with Crippen molar-refractivity contribution in [3.8, 4) is 0 Å². The van der Waals surface area contributed by atoms with Gasteiger partial charge in [0.05, 0.1) is 15.1 Å². The van der Waals surface area contributed by atoms with Crippen LogP contribution in [-0.2, 0) is 16.6 Å². The molecule has 2 heterocycles. The second kappa shape index (κ2) is 5.13. The fourth-order valence-corrected chi connectivity index (χ4v) is 4.37. The van der Waals surface area contributed by atoms with Crippen molar-refractivity contribution in [2.75, 3.05) is 0 Å². The molecule has 2 N–H and O–H groups in total. The highest BCUT2D eigenvalue weighted by atomic mass is 32.2. The van der Waals surface area contributed by atoms with E-state index in [0.29, 0.717) is 10.2 Å². The van der Waals surface area contributed by atoms with Crippen molar-refractivity contribution in [1.29, 1.82) is 0 Å². The number of thiazole rings is 1. The lowest BCUT2D eigenvalue weighted by molar-refractivity contribution is 0.582. The number of aromatic amines is 1. The highest BCUT2D eigenvalue weighted by molar-refractivity contribution is 7.89. The smallest absolute Gasteiger partial charge is 0.305 e. The molecule has 0 fully saturated rings. The van der Waals surface area contributed by atoms with Crippen molar-refractivity contribution in [2.24, 2.45) is 0 Å². The van der Waals surface area contributed by atoms with Gasteiger partial charge in [0.15, 0.2) is 0 Å². The second-order valence-corrected chi connectivity index (χ2v) is 7.89. The van der Waals surface area contributed by atoms with Crippen molar-refractivity contribution in [3.63, 3.8) is 0 Å². The van der Waals surface area contributed by atoms with Crippen molar-refractivity contribution < 1.29 is 8.42 Å². The summed E-state index contributed by atoms with van der Waals surface area (Å²) in [5.74, 6) is 0. The summed E-state index contributed by atoms with van der Waals surface area (Å²) < 4.78 is 27.6. The van der Waals surface area contributed by atoms with Crippen molar-refractivity contribution in [3.05, 3.63) is 50.3 Å². The summed E-state index contributed by atoms with van der Waals surface area (Å²) in [5.41, 5.74) is 0.650. The monoisotopic (exact) mass is 326 g/mol. The van der Waals surface area contributed by atoms with Gasteiger partial charge in [-0.2, -0.15) is 0 Å². The fraction of sp³-hybridized carbons (Fsp3) is 0.0833. The number of nitrogens with one attached hydrogen (secondary N) is 2. The molecule has 0 radical (unpaired) electrons. The van der Waals surface area contributed by atoms with Gasteiger partial charge in [-0.15, -0.1) is 11.3 Å². The number of sulfonamides is 1. The van der Waals surface area contributed by atoms with E-state index in [-0.39, 0.29) is 16.3 Å². The largest absolute Gasteiger partial charge is 0.312 e. The molecule has 3 aromatic rings. The van der Waals surface area contributed by atoms with Crippen LogP contribution in [-0.4, -0.2) is 13.4 Å². The zero-order valence-corrected chi connectivity index (χ0v) is 12.6. The van der Waals surface area contributed by atoms with E-state index in [9.17, 15) is 13.2 Å². The summed E-state index contributed by atoms with van der Waals surface area (Å²) in [6.07, 6.45) is 0. The Morgan fingerprint density at radius 2 is 2.10 bits per heavy atom. The van der Waals surface area contributed by atoms with Gasteiger partial charge in [0, 0.05) is 11.4 Å². The van der Waals surface area contributed by atoms with E-state index in [4.69, 9.17) is 0 Å². The Morgan fingerprint density at radius 1 is 1.25 bits per heavy atom. The van der Waals surface area contributed by atoms with E-state index >= 15 is 0 Å². The minimum atomic E-state index is -3.57. The van der Waals surface area contributed by atoms with Crippen LogP contribution in [0.15, 0.2) is 45.4 Å². The molecule has 0 unspecified atom stereocenters. The SMILES string of the molecule is O=c1[nH]c2ccc(S(=O)(=O)NCc3cccs3)cc2s1. The first-order valence-electron chi connectivity index (χ1n) is 5.69. The van der Waals surface area contributed by atoms with Gasteiger partial charge in [-0.3, -0.25) is 4.79 Å². The van der Waals surface area contributed by atoms with E-state index in [1.165, 1.54) is 23.5 Å². The number of benzene rings is 1. The molecule has 0 saturated heterocycles. The van der Waals surface area contributed by atoms with E-state index in [2.05, 4.69) is 9.71 Å². The number of hydrogen-bond acceptors (Lipinski definition) is 5. The molecule has 0 aliphatic carbocycles. The first-order chi connectivity index (χ1) is 9.54. The Morgan fingerprint density at radius 3 is 2.85 bits per heavy atom. The van der Waals surface area contributed by atoms with Crippen LogP contribution < -0.4 is 9.60 Å². The molecule has 5 nitrogen and oxygen atoms in total. The first kappa shape index (κ1) is 13.5. The van der Waals surface area contributed by atoms with Crippen LogP contribution in [0.5, 0.6) is 0 Å². The average molecular weight is 326 g/mol. The molecule has 0 bridgehead atoms. The number of rotatable bonds is 4. The molecule has 20 heavy (non-hydrogen) atoms. The van der Waals surface area contributed by atoms with Gasteiger partial charge in [0.2, 0.25) is 10.0 Å². The summed E-state index contributed by atoms with van der Waals surface area (Å²) in [5, 5.41) is 1.90. The van der Waals surface area contributed by atoms with Gasteiger partial charge in [0.25, 0.3) is 0 Å². The molecule has 8 heteroatoms. The maximum Gasteiger partial charge on any atom is 0.305 e. The highest BCUT2D eigenvalue weighted by Crippen LogP contribution is 2.20. The van der Waals surface area contributed by atoms with Gasteiger partial charge >= 0.3 is 4.87 Å². The highest BCUT2D eigenvalue weighted by Gasteiger charge is 2.15. The van der Waals surface area contributed by atoms with E-state index < -0.39 is 10.0 Å². The average Bonchev–Trinajstić information content (AvgIpc) is 3.03. The number of fused-ring (bicyclic) bond motifs is 1. The molecule has 2 aromatic heterocycles. The van der Waals surface area contributed by atoms with Crippen LogP contribution in [0.1, 0.15) is 4.88 Å². The zero-order chi connectivity index (χ0) is 14.2. The van der Waals surface area contributed by atoms with Crippen LogP contribution in [0, 0.1) is 0 Å². The Kier molecular flexibility index (Phi) is 3.47. The number of aromatic nitrogens is 1. The molecular formula is C12H10N2O3S3. The van der Waals surface area contributed by atoms with Crippen molar-refractivity contribution in [2.45, 2.75) is 11.4 Å². The van der Waals surface area contributed by atoms with Gasteiger partial charge in [-0.1, -0.05) is 17.4 Å². The van der Waals surface area contributed by atoms with Crippen molar-refractivity contribution >= 4 is 42.9 Å². The number of hydrogen-bond donors (Lipinski definition) is 2. The van der Waals surface area contributed by atoms with Crippen LogP contribution in [0.4, 0.5) is 0 Å². The summed E-state index contributed by atoms with van der Waals surface area (Å²) in [4.78, 5) is 14.8. The van der Waals surface area contributed by atoms with Gasteiger partial charge in [-0.25, -0.2) is 13.1 Å². The van der Waals surface area contributed by atoms with Gasteiger partial charge in [-0.05, 0) is 29.6 Å². The summed E-state index contributed by atoms with van der Waals surface area (Å²) in [6, 6.07) is 8.34. The van der Waals surface area contributed by atoms with Gasteiger partial charge in [0.1, 0.15) is 0 Å². The van der Waals surface area contributed by atoms with E-state index in [1.54, 1.807) is 6.07 Å². The predicted molar refractivity (Wildman–Crippen MR) is 80.8 cm³/mol. The normalized spacial score (nSPS) is 12.0. The molecule has 0 amide bonds. The molecule has 0 aliphatic heterocycles. The summed E-state index contributed by atoms with van der Waals surface area (Å²) >= 11 is 2.49. The Labute approximate surface area is 123 Å². The standard InChI is InChI=1S/C12H10N2O3S3/c15-12-14-10-4-3-9(6-11(10)19-12)20(16,17)13-7-8-2-1-5-18-8/h1-6,13H,7H2,(H,14,15). The Balaban J connectivity index is 1.90. The molecule has 1 aromatic carbocycles. The van der Waals surface area contributed by atoms with Crippen LogP contribution >= 0.6 is 22.7 Å². The predicted octanol–water partition coefficient (Wildman–Crippen LogP) is 2.13. The lowest BCUT2D eigenvalue weighted by Crippen LogP contribution is -2.22. The molecule has 0 spiro atoms. The third kappa shape index (κ3) is 2.68. The summed E-state index contributed by atoms with van der Waals surface area (Å²) in [6.45, 7) is 0.265. The van der Waals surface area contributed by atoms with Crippen LogP contribution in [0.25, 0.3) is 10.2 Å². The number of thiophene rings is 1. The Hall–Kier alpha value is -1.48. The van der Waals surface area contributed by atoms with Crippen LogP contribution in [0.3, 0.4) is 0 Å². The minimum absolute atomic E-state index is 0.164. The lowest BCUT2D eigenvalue weighted by Gasteiger charge is -2.05. The number of H-pyrrole nitrogens is 1. The maximum absolute atomic E-state index is 12.2. The third-order valence-electron chi connectivity index (χ3n) is 2.72. The van der Waals surface area contributed by atoms with Crippen LogP contribution in [0.2, 0.25) is 0 Å². The molecule has 0 atom stereocenters. The molecule has 0 aliphatic rings. The minimum Gasteiger partial charge on any atom is -0.312 e. The first-order valence-corrected chi connectivity index (χ1v) is 8.87. The molecule has 104 valence electrons. The molecule has 0 saturated carbocycles. The lowest BCUT2D eigenvalue weighted by atomic mass is 10.3. The maximum atomic E-state index is 12.2. The molecule has 3 rings (SSSR count).